The van der Waals surface area contributed by atoms with E-state index >= 15 is 0 Å². The fraction of sp³-hybridized carbons (Fsp3) is 0.429. The van der Waals surface area contributed by atoms with Crippen molar-refractivity contribution in [2.75, 3.05) is 0 Å². The molecule has 1 aromatic carbocycles. The molecule has 1 aliphatic rings. The molecular formula is C14H18F2N2O. The Morgan fingerprint density at radius 3 is 2.74 bits per heavy atom. The van der Waals surface area contributed by atoms with E-state index in [-0.39, 0.29) is 11.8 Å². The highest BCUT2D eigenvalue weighted by Crippen LogP contribution is 2.31. The molecule has 104 valence electrons. The highest BCUT2D eigenvalue weighted by Gasteiger charge is 2.17. The van der Waals surface area contributed by atoms with E-state index in [2.05, 4.69) is 16.2 Å². The Hall–Kier alpha value is -1.46. The number of hydrogen-bond donors (Lipinski definition) is 2. The summed E-state index contributed by atoms with van der Waals surface area (Å²) in [5.41, 5.74) is 4.81. The maximum absolute atomic E-state index is 12.2. The number of allylic oxidation sites excluding steroid dienone is 1. The predicted molar refractivity (Wildman–Crippen MR) is 69.7 cm³/mol. The Kier molecular flexibility index (Phi) is 4.87. The second-order valence-corrected chi connectivity index (χ2v) is 4.58. The number of hydrogen-bond acceptors (Lipinski definition) is 3. The summed E-state index contributed by atoms with van der Waals surface area (Å²) in [5, 5.41) is 0. The molecule has 0 amide bonds. The summed E-state index contributed by atoms with van der Waals surface area (Å²) in [6, 6.07) is 6.53. The molecule has 1 aliphatic carbocycles. The maximum Gasteiger partial charge on any atom is 0.387 e. The lowest BCUT2D eigenvalue weighted by Gasteiger charge is -2.23. The second kappa shape index (κ2) is 6.63. The number of nitrogens with one attached hydrogen (secondary N) is 1. The summed E-state index contributed by atoms with van der Waals surface area (Å²) in [4.78, 5) is 0. The first-order chi connectivity index (χ1) is 9.20. The second-order valence-electron chi connectivity index (χ2n) is 4.58. The number of halogens is 2. The summed E-state index contributed by atoms with van der Waals surface area (Å²) < 4.78 is 28.8. The zero-order chi connectivity index (χ0) is 13.7. The van der Waals surface area contributed by atoms with Gasteiger partial charge in [-0.15, -0.1) is 0 Å². The Morgan fingerprint density at radius 2 is 2.11 bits per heavy atom. The van der Waals surface area contributed by atoms with Gasteiger partial charge in [-0.1, -0.05) is 23.8 Å². The van der Waals surface area contributed by atoms with E-state index in [0.717, 1.165) is 24.8 Å². The van der Waals surface area contributed by atoms with Crippen molar-refractivity contribution in [2.24, 2.45) is 5.84 Å². The van der Waals surface area contributed by atoms with Crippen LogP contribution in [-0.4, -0.2) is 6.61 Å². The van der Waals surface area contributed by atoms with Crippen LogP contribution >= 0.6 is 0 Å². The predicted octanol–water partition coefficient (Wildman–Crippen LogP) is 3.29. The van der Waals surface area contributed by atoms with Gasteiger partial charge in [-0.25, -0.2) is 5.43 Å². The smallest absolute Gasteiger partial charge is 0.387 e. The number of alkyl halides is 2. The van der Waals surface area contributed by atoms with Gasteiger partial charge < -0.3 is 4.74 Å². The summed E-state index contributed by atoms with van der Waals surface area (Å²) >= 11 is 0. The highest BCUT2D eigenvalue weighted by atomic mass is 19.3. The molecule has 0 saturated heterocycles. The van der Waals surface area contributed by atoms with E-state index in [1.807, 2.05) is 6.07 Å². The molecule has 1 atom stereocenters. The minimum Gasteiger partial charge on any atom is -0.435 e. The quantitative estimate of drug-likeness (QED) is 0.489. The summed E-state index contributed by atoms with van der Waals surface area (Å²) in [7, 11) is 0. The lowest BCUT2D eigenvalue weighted by atomic mass is 9.90. The normalized spacial score (nSPS) is 17.2. The van der Waals surface area contributed by atoms with Crippen LogP contribution in [0.25, 0.3) is 0 Å². The van der Waals surface area contributed by atoms with Crippen molar-refractivity contribution in [2.45, 2.75) is 38.3 Å². The molecule has 0 radical (unpaired) electrons. The molecule has 1 unspecified atom stereocenters. The summed E-state index contributed by atoms with van der Waals surface area (Å²) in [6.07, 6.45) is 6.52. The third-order valence-corrected chi connectivity index (χ3v) is 3.28. The molecule has 1 aromatic rings. The third kappa shape index (κ3) is 3.75. The largest absolute Gasteiger partial charge is 0.435 e. The van der Waals surface area contributed by atoms with Gasteiger partial charge in [-0.3, -0.25) is 5.84 Å². The Labute approximate surface area is 111 Å². The van der Waals surface area contributed by atoms with Crippen molar-refractivity contribution in [1.29, 1.82) is 0 Å². The van der Waals surface area contributed by atoms with Gasteiger partial charge in [-0.2, -0.15) is 8.78 Å². The van der Waals surface area contributed by atoms with Gasteiger partial charge >= 0.3 is 6.61 Å². The van der Waals surface area contributed by atoms with Crippen LogP contribution in [0.5, 0.6) is 5.75 Å². The number of ether oxygens (including phenoxy) is 1. The first-order valence-corrected chi connectivity index (χ1v) is 6.40. The van der Waals surface area contributed by atoms with E-state index < -0.39 is 6.61 Å². The highest BCUT2D eigenvalue weighted by molar-refractivity contribution is 5.35. The zero-order valence-corrected chi connectivity index (χ0v) is 10.6. The fourth-order valence-electron chi connectivity index (χ4n) is 2.41. The van der Waals surface area contributed by atoms with Crippen LogP contribution in [0, 0.1) is 0 Å². The van der Waals surface area contributed by atoms with Crippen LogP contribution in [0.3, 0.4) is 0 Å². The average Bonchev–Trinajstić information content (AvgIpc) is 2.40. The first kappa shape index (κ1) is 14.0. The van der Waals surface area contributed by atoms with Crippen molar-refractivity contribution in [3.63, 3.8) is 0 Å². The molecule has 2 rings (SSSR count). The number of hydrazine groups is 1. The van der Waals surface area contributed by atoms with E-state index in [0.29, 0.717) is 0 Å². The topological polar surface area (TPSA) is 47.3 Å². The van der Waals surface area contributed by atoms with Gasteiger partial charge in [0.25, 0.3) is 0 Å². The minimum absolute atomic E-state index is 0.137. The summed E-state index contributed by atoms with van der Waals surface area (Å²) in [5.74, 6) is 5.76. The molecule has 0 spiro atoms. The molecule has 3 nitrogen and oxygen atoms in total. The SMILES string of the molecule is NNC(C1=CCCCC1)c1cccc(OC(F)F)c1. The lowest BCUT2D eigenvalue weighted by Crippen LogP contribution is -2.30. The van der Waals surface area contributed by atoms with Crippen molar-refractivity contribution >= 4 is 0 Å². The monoisotopic (exact) mass is 268 g/mol. The molecule has 0 aromatic heterocycles. The van der Waals surface area contributed by atoms with Crippen LogP contribution < -0.4 is 16.0 Å². The maximum atomic E-state index is 12.2. The molecule has 0 fully saturated rings. The Balaban J connectivity index is 2.20. The van der Waals surface area contributed by atoms with E-state index in [1.54, 1.807) is 12.1 Å². The van der Waals surface area contributed by atoms with Crippen LogP contribution in [-0.2, 0) is 0 Å². The Bertz CT molecular complexity index is 449. The number of nitrogens with two attached hydrogens (primary N) is 1. The van der Waals surface area contributed by atoms with Gasteiger partial charge in [0.1, 0.15) is 5.75 Å². The zero-order valence-electron chi connectivity index (χ0n) is 10.6. The fourth-order valence-corrected chi connectivity index (χ4v) is 2.41. The Morgan fingerprint density at radius 1 is 1.26 bits per heavy atom. The van der Waals surface area contributed by atoms with Gasteiger partial charge in [0.15, 0.2) is 0 Å². The average molecular weight is 268 g/mol. The lowest BCUT2D eigenvalue weighted by molar-refractivity contribution is -0.0498. The molecule has 5 heteroatoms. The van der Waals surface area contributed by atoms with Gasteiger partial charge in [0.05, 0.1) is 6.04 Å². The van der Waals surface area contributed by atoms with Crippen LogP contribution in [0.4, 0.5) is 8.78 Å². The van der Waals surface area contributed by atoms with Gasteiger partial charge in [-0.05, 0) is 43.4 Å². The van der Waals surface area contributed by atoms with Gasteiger partial charge in [0, 0.05) is 0 Å². The van der Waals surface area contributed by atoms with Crippen molar-refractivity contribution in [1.82, 2.24) is 5.43 Å². The molecule has 3 N–H and O–H groups in total. The summed E-state index contributed by atoms with van der Waals surface area (Å²) in [6.45, 7) is -2.81. The van der Waals surface area contributed by atoms with E-state index in [4.69, 9.17) is 5.84 Å². The number of rotatable bonds is 5. The van der Waals surface area contributed by atoms with E-state index in [1.165, 1.54) is 18.1 Å². The number of benzene rings is 1. The molecule has 0 bridgehead atoms. The standard InChI is InChI=1S/C14H18F2N2O/c15-14(16)19-12-8-4-7-11(9-12)13(18-17)10-5-2-1-3-6-10/h4-5,7-9,13-14,18H,1-3,6,17H2. The molecule has 19 heavy (non-hydrogen) atoms. The van der Waals surface area contributed by atoms with Crippen LogP contribution in [0.2, 0.25) is 0 Å². The molecule has 0 heterocycles. The first-order valence-electron chi connectivity index (χ1n) is 6.40. The van der Waals surface area contributed by atoms with Crippen molar-refractivity contribution < 1.29 is 13.5 Å². The van der Waals surface area contributed by atoms with Crippen molar-refractivity contribution in [3.05, 3.63) is 41.5 Å². The molecular weight excluding hydrogens is 250 g/mol. The van der Waals surface area contributed by atoms with Crippen LogP contribution in [0.1, 0.15) is 37.3 Å². The van der Waals surface area contributed by atoms with Gasteiger partial charge in [0.2, 0.25) is 0 Å². The molecule has 0 aliphatic heterocycles. The minimum atomic E-state index is -2.81. The van der Waals surface area contributed by atoms with Crippen LogP contribution in [0.15, 0.2) is 35.9 Å². The van der Waals surface area contributed by atoms with Crippen molar-refractivity contribution in [3.8, 4) is 5.75 Å². The molecule has 0 saturated carbocycles. The van der Waals surface area contributed by atoms with E-state index in [9.17, 15) is 8.78 Å². The third-order valence-electron chi connectivity index (χ3n) is 3.28.